The van der Waals surface area contributed by atoms with Crippen LogP contribution in [-0.4, -0.2) is 61.5 Å². The molecular weight excluding hydrogens is 202 g/mol. The zero-order chi connectivity index (χ0) is 11.4. The van der Waals surface area contributed by atoms with Crippen molar-refractivity contribution in [3.63, 3.8) is 0 Å². The highest BCUT2D eigenvalue weighted by molar-refractivity contribution is 5.79. The van der Waals surface area contributed by atoms with Crippen LogP contribution in [0, 0.1) is 5.92 Å². The summed E-state index contributed by atoms with van der Waals surface area (Å²) < 4.78 is 0. The topological polar surface area (TPSA) is 35.6 Å². The van der Waals surface area contributed by atoms with Crippen LogP contribution in [0.3, 0.4) is 0 Å². The van der Waals surface area contributed by atoms with Crippen LogP contribution in [0.1, 0.15) is 6.42 Å². The number of amides is 1. The molecule has 16 heavy (non-hydrogen) atoms. The fourth-order valence-corrected chi connectivity index (χ4v) is 2.46. The lowest BCUT2D eigenvalue weighted by Gasteiger charge is -2.35. The minimum absolute atomic E-state index is 0.228. The Bertz CT molecular complexity index is 253. The smallest absolute Gasteiger partial charge is 0.227 e. The van der Waals surface area contributed by atoms with Gasteiger partial charge in [-0.3, -0.25) is 9.69 Å². The van der Waals surface area contributed by atoms with Gasteiger partial charge in [0.15, 0.2) is 0 Å². The molecule has 90 valence electrons. The fraction of sp³-hybridized carbons (Fsp3) is 0.750. The fourth-order valence-electron chi connectivity index (χ4n) is 2.46. The van der Waals surface area contributed by atoms with Gasteiger partial charge in [0, 0.05) is 39.3 Å². The lowest BCUT2D eigenvalue weighted by molar-refractivity contribution is -0.136. The predicted molar refractivity (Wildman–Crippen MR) is 64.2 cm³/mol. The first kappa shape index (κ1) is 11.6. The van der Waals surface area contributed by atoms with Crippen LogP contribution in [0.5, 0.6) is 0 Å². The van der Waals surface area contributed by atoms with Crippen LogP contribution >= 0.6 is 0 Å². The Morgan fingerprint density at radius 1 is 1.38 bits per heavy atom. The molecule has 0 aliphatic carbocycles. The summed E-state index contributed by atoms with van der Waals surface area (Å²) in [7, 11) is 0. The molecule has 2 saturated heterocycles. The molecule has 0 bridgehead atoms. The van der Waals surface area contributed by atoms with Gasteiger partial charge in [0.25, 0.3) is 0 Å². The molecule has 4 nitrogen and oxygen atoms in total. The van der Waals surface area contributed by atoms with E-state index in [0.717, 1.165) is 52.2 Å². The molecule has 0 aromatic carbocycles. The summed E-state index contributed by atoms with van der Waals surface area (Å²) in [6.07, 6.45) is 2.93. The molecule has 2 aliphatic heterocycles. The normalized spacial score (nSPS) is 27.0. The average Bonchev–Trinajstić information content (AvgIpc) is 2.83. The van der Waals surface area contributed by atoms with Crippen molar-refractivity contribution in [2.75, 3.05) is 45.8 Å². The van der Waals surface area contributed by atoms with Crippen molar-refractivity contribution in [2.24, 2.45) is 5.92 Å². The number of piperazine rings is 1. The number of hydrogen-bond donors (Lipinski definition) is 1. The van der Waals surface area contributed by atoms with Gasteiger partial charge in [0.1, 0.15) is 0 Å². The maximum absolute atomic E-state index is 12.1. The van der Waals surface area contributed by atoms with Gasteiger partial charge in [-0.2, -0.15) is 0 Å². The van der Waals surface area contributed by atoms with Crippen molar-refractivity contribution >= 4 is 5.91 Å². The van der Waals surface area contributed by atoms with E-state index in [2.05, 4.69) is 16.8 Å². The number of hydrogen-bond acceptors (Lipinski definition) is 3. The van der Waals surface area contributed by atoms with Crippen LogP contribution in [0.25, 0.3) is 0 Å². The van der Waals surface area contributed by atoms with E-state index < -0.39 is 0 Å². The Labute approximate surface area is 97.3 Å². The van der Waals surface area contributed by atoms with Gasteiger partial charge in [-0.1, -0.05) is 6.08 Å². The second-order valence-corrected chi connectivity index (χ2v) is 4.60. The summed E-state index contributed by atoms with van der Waals surface area (Å²) in [6, 6.07) is 0. The zero-order valence-corrected chi connectivity index (χ0v) is 9.82. The maximum atomic E-state index is 12.1. The molecular formula is C12H21N3O. The van der Waals surface area contributed by atoms with Crippen molar-refractivity contribution in [1.29, 1.82) is 0 Å². The van der Waals surface area contributed by atoms with E-state index in [1.54, 1.807) is 0 Å². The molecule has 4 heteroatoms. The summed E-state index contributed by atoms with van der Waals surface area (Å²) >= 11 is 0. The van der Waals surface area contributed by atoms with Crippen LogP contribution in [-0.2, 0) is 4.79 Å². The average molecular weight is 223 g/mol. The van der Waals surface area contributed by atoms with E-state index in [-0.39, 0.29) is 5.92 Å². The van der Waals surface area contributed by atoms with E-state index >= 15 is 0 Å². The van der Waals surface area contributed by atoms with Gasteiger partial charge in [-0.15, -0.1) is 6.58 Å². The number of carbonyl (C=O) groups is 1. The molecule has 1 unspecified atom stereocenters. The Morgan fingerprint density at radius 3 is 2.69 bits per heavy atom. The number of nitrogens with one attached hydrogen (secondary N) is 1. The Kier molecular flexibility index (Phi) is 3.96. The lowest BCUT2D eigenvalue weighted by atomic mass is 10.1. The Hall–Kier alpha value is -0.870. The molecule has 0 spiro atoms. The molecule has 0 aromatic rings. The third kappa shape index (κ3) is 2.62. The molecule has 2 aliphatic rings. The van der Waals surface area contributed by atoms with Gasteiger partial charge in [0.05, 0.1) is 5.92 Å². The highest BCUT2D eigenvalue weighted by Gasteiger charge is 2.28. The van der Waals surface area contributed by atoms with Crippen molar-refractivity contribution in [2.45, 2.75) is 6.42 Å². The standard InChI is InChI=1S/C12H21N3O/c1-2-5-14-6-8-15(9-7-14)12(16)11-3-4-13-10-11/h2,11,13H,1,3-10H2. The maximum Gasteiger partial charge on any atom is 0.227 e. The summed E-state index contributed by atoms with van der Waals surface area (Å²) in [5.41, 5.74) is 0. The predicted octanol–water partition coefficient (Wildman–Crippen LogP) is -0.0739. The van der Waals surface area contributed by atoms with Crippen molar-refractivity contribution in [1.82, 2.24) is 15.1 Å². The van der Waals surface area contributed by atoms with E-state index in [0.29, 0.717) is 5.91 Å². The molecule has 0 radical (unpaired) electrons. The summed E-state index contributed by atoms with van der Waals surface area (Å²) in [5, 5.41) is 3.25. The number of nitrogens with zero attached hydrogens (tertiary/aromatic N) is 2. The van der Waals surface area contributed by atoms with E-state index in [1.165, 1.54) is 0 Å². The largest absolute Gasteiger partial charge is 0.340 e. The van der Waals surface area contributed by atoms with E-state index in [1.807, 2.05) is 11.0 Å². The minimum Gasteiger partial charge on any atom is -0.340 e. The Morgan fingerprint density at radius 2 is 2.12 bits per heavy atom. The quantitative estimate of drug-likeness (QED) is 0.680. The van der Waals surface area contributed by atoms with Crippen LogP contribution in [0.15, 0.2) is 12.7 Å². The second-order valence-electron chi connectivity index (χ2n) is 4.60. The van der Waals surface area contributed by atoms with E-state index in [4.69, 9.17) is 0 Å². The highest BCUT2D eigenvalue weighted by Crippen LogP contribution is 2.13. The monoisotopic (exact) mass is 223 g/mol. The molecule has 2 fully saturated rings. The van der Waals surface area contributed by atoms with Crippen LogP contribution in [0.4, 0.5) is 0 Å². The summed E-state index contributed by atoms with van der Waals surface area (Å²) in [4.78, 5) is 16.5. The SMILES string of the molecule is C=CCN1CCN(C(=O)C2CCNC2)CC1. The van der Waals surface area contributed by atoms with Gasteiger partial charge >= 0.3 is 0 Å². The summed E-state index contributed by atoms with van der Waals surface area (Å²) in [5.74, 6) is 0.578. The van der Waals surface area contributed by atoms with Crippen molar-refractivity contribution in [3.8, 4) is 0 Å². The zero-order valence-electron chi connectivity index (χ0n) is 9.82. The van der Waals surface area contributed by atoms with Crippen molar-refractivity contribution < 1.29 is 4.79 Å². The van der Waals surface area contributed by atoms with Crippen LogP contribution in [0.2, 0.25) is 0 Å². The molecule has 1 N–H and O–H groups in total. The second kappa shape index (κ2) is 5.46. The molecule has 2 rings (SSSR count). The lowest BCUT2D eigenvalue weighted by Crippen LogP contribution is -2.50. The number of carbonyl (C=O) groups excluding carboxylic acids is 1. The van der Waals surface area contributed by atoms with Crippen molar-refractivity contribution in [3.05, 3.63) is 12.7 Å². The van der Waals surface area contributed by atoms with Gasteiger partial charge in [0.2, 0.25) is 5.91 Å². The minimum atomic E-state index is 0.228. The first-order valence-corrected chi connectivity index (χ1v) is 6.14. The third-order valence-corrected chi connectivity index (χ3v) is 3.48. The number of rotatable bonds is 3. The van der Waals surface area contributed by atoms with Gasteiger partial charge in [-0.05, 0) is 13.0 Å². The first-order chi connectivity index (χ1) is 7.81. The third-order valence-electron chi connectivity index (χ3n) is 3.48. The summed E-state index contributed by atoms with van der Waals surface area (Å²) in [6.45, 7) is 10.3. The van der Waals surface area contributed by atoms with Gasteiger partial charge < -0.3 is 10.2 Å². The molecule has 0 aromatic heterocycles. The molecule has 1 atom stereocenters. The first-order valence-electron chi connectivity index (χ1n) is 6.14. The van der Waals surface area contributed by atoms with Gasteiger partial charge in [-0.25, -0.2) is 0 Å². The molecule has 0 saturated carbocycles. The van der Waals surface area contributed by atoms with E-state index in [9.17, 15) is 4.79 Å². The highest BCUT2D eigenvalue weighted by atomic mass is 16.2. The molecule has 1 amide bonds. The van der Waals surface area contributed by atoms with Crippen LogP contribution < -0.4 is 5.32 Å². The molecule has 2 heterocycles. The Balaban J connectivity index is 1.79.